The van der Waals surface area contributed by atoms with Gasteiger partial charge in [0.2, 0.25) is 5.75 Å². The number of aromatic carboxylic acids is 1. The first-order valence-corrected chi connectivity index (χ1v) is 6.18. The molecule has 0 bridgehead atoms. The molecule has 1 heterocycles. The minimum atomic E-state index is -1.20. The topological polar surface area (TPSA) is 77.9 Å². The van der Waals surface area contributed by atoms with E-state index in [0.717, 1.165) is 5.56 Å². The summed E-state index contributed by atoms with van der Waals surface area (Å²) in [6, 6.07) is 9.39. The second-order valence-corrected chi connectivity index (χ2v) is 4.12. The summed E-state index contributed by atoms with van der Waals surface area (Å²) in [5.74, 6) is -0.626. The van der Waals surface area contributed by atoms with Crippen LogP contribution in [0.15, 0.2) is 36.5 Å². The Morgan fingerprint density at radius 2 is 1.86 bits per heavy atom. The van der Waals surface area contributed by atoms with Crippen LogP contribution in [0.3, 0.4) is 0 Å². The molecule has 0 saturated heterocycles. The Labute approximate surface area is 121 Å². The Balaban J connectivity index is 2.36. The summed E-state index contributed by atoms with van der Waals surface area (Å²) < 4.78 is 15.9. The zero-order valence-electron chi connectivity index (χ0n) is 11.7. The van der Waals surface area contributed by atoms with Gasteiger partial charge in [0.1, 0.15) is 6.61 Å². The zero-order valence-corrected chi connectivity index (χ0v) is 11.7. The maximum atomic E-state index is 11.3. The van der Waals surface area contributed by atoms with Crippen LogP contribution in [0.25, 0.3) is 0 Å². The number of hydrogen-bond donors (Lipinski definition) is 1. The molecule has 2 aromatic rings. The molecule has 110 valence electrons. The van der Waals surface area contributed by atoms with Gasteiger partial charge in [-0.15, -0.1) is 0 Å². The number of carboxylic acid groups (broad SMARTS) is 1. The second kappa shape index (κ2) is 6.60. The van der Waals surface area contributed by atoms with Gasteiger partial charge in [-0.3, -0.25) is 0 Å². The van der Waals surface area contributed by atoms with Gasteiger partial charge in [-0.25, -0.2) is 9.78 Å². The van der Waals surface area contributed by atoms with Gasteiger partial charge in [-0.1, -0.05) is 30.3 Å². The van der Waals surface area contributed by atoms with Crippen LogP contribution < -0.4 is 14.2 Å². The number of carboxylic acids is 1. The molecule has 1 aromatic heterocycles. The lowest BCUT2D eigenvalue weighted by molar-refractivity contribution is 0.0683. The molecule has 0 aliphatic heterocycles. The molecule has 1 aromatic carbocycles. The van der Waals surface area contributed by atoms with Gasteiger partial charge < -0.3 is 19.3 Å². The molecule has 0 amide bonds. The van der Waals surface area contributed by atoms with E-state index >= 15 is 0 Å². The molecule has 0 aliphatic carbocycles. The van der Waals surface area contributed by atoms with E-state index in [2.05, 4.69) is 4.98 Å². The van der Waals surface area contributed by atoms with E-state index in [1.165, 1.54) is 20.4 Å². The third kappa shape index (κ3) is 3.22. The van der Waals surface area contributed by atoms with Crippen LogP contribution in [0, 0.1) is 0 Å². The molecule has 6 nitrogen and oxygen atoms in total. The van der Waals surface area contributed by atoms with Crippen LogP contribution in [0.4, 0.5) is 0 Å². The van der Waals surface area contributed by atoms with Crippen LogP contribution in [0.1, 0.15) is 16.1 Å². The Bertz CT molecular complexity index is 627. The van der Waals surface area contributed by atoms with Gasteiger partial charge in [0.25, 0.3) is 0 Å². The van der Waals surface area contributed by atoms with Gasteiger partial charge >= 0.3 is 5.97 Å². The zero-order chi connectivity index (χ0) is 15.2. The molecular weight excluding hydrogens is 274 g/mol. The highest BCUT2D eigenvalue weighted by atomic mass is 16.5. The maximum Gasteiger partial charge on any atom is 0.358 e. The third-order valence-electron chi connectivity index (χ3n) is 2.81. The molecule has 0 fully saturated rings. The van der Waals surface area contributed by atoms with Crippen molar-refractivity contribution < 1.29 is 24.1 Å². The first kappa shape index (κ1) is 14.6. The van der Waals surface area contributed by atoms with Gasteiger partial charge in [0, 0.05) is 0 Å². The number of methoxy groups -OCH3 is 2. The molecule has 0 radical (unpaired) electrons. The predicted octanol–water partition coefficient (Wildman–Crippen LogP) is 2.38. The SMILES string of the molecule is COc1cnc(C(=O)O)c(OCc2ccccc2)c1OC. The second-order valence-electron chi connectivity index (χ2n) is 4.12. The number of hydrogen-bond acceptors (Lipinski definition) is 5. The molecule has 0 aliphatic rings. The normalized spacial score (nSPS) is 10.0. The van der Waals surface area contributed by atoms with E-state index < -0.39 is 5.97 Å². The molecule has 0 unspecified atom stereocenters. The Morgan fingerprint density at radius 3 is 2.43 bits per heavy atom. The largest absolute Gasteiger partial charge is 0.491 e. The quantitative estimate of drug-likeness (QED) is 0.879. The standard InChI is InChI=1S/C15H15NO5/c1-19-11-8-16-12(15(17)18)14(13(11)20-2)21-9-10-6-4-3-5-7-10/h3-8H,9H2,1-2H3,(H,17,18). The molecular formula is C15H15NO5. The van der Waals surface area contributed by atoms with Crippen molar-refractivity contribution in [2.45, 2.75) is 6.61 Å². The fraction of sp³-hybridized carbons (Fsp3) is 0.200. The van der Waals surface area contributed by atoms with Crippen molar-refractivity contribution in [3.8, 4) is 17.2 Å². The summed E-state index contributed by atoms with van der Waals surface area (Å²) in [6.07, 6.45) is 1.29. The van der Waals surface area contributed by atoms with Gasteiger partial charge in [0.05, 0.1) is 20.4 Å². The van der Waals surface area contributed by atoms with Crippen molar-refractivity contribution in [1.82, 2.24) is 4.98 Å². The van der Waals surface area contributed by atoms with E-state index in [4.69, 9.17) is 14.2 Å². The molecule has 2 rings (SSSR count). The maximum absolute atomic E-state index is 11.3. The van der Waals surface area contributed by atoms with E-state index in [1.54, 1.807) is 0 Å². The van der Waals surface area contributed by atoms with Crippen LogP contribution in [-0.2, 0) is 6.61 Å². The average Bonchev–Trinajstić information content (AvgIpc) is 2.52. The highest BCUT2D eigenvalue weighted by Gasteiger charge is 2.22. The smallest absolute Gasteiger partial charge is 0.358 e. The monoisotopic (exact) mass is 289 g/mol. The lowest BCUT2D eigenvalue weighted by Gasteiger charge is -2.15. The third-order valence-corrected chi connectivity index (χ3v) is 2.81. The molecule has 0 atom stereocenters. The van der Waals surface area contributed by atoms with Gasteiger partial charge in [-0.2, -0.15) is 0 Å². The molecule has 0 saturated carbocycles. The summed E-state index contributed by atoms with van der Waals surface area (Å²) in [6.45, 7) is 0.201. The molecule has 21 heavy (non-hydrogen) atoms. The summed E-state index contributed by atoms with van der Waals surface area (Å²) in [4.78, 5) is 15.1. The Morgan fingerprint density at radius 1 is 1.14 bits per heavy atom. The summed E-state index contributed by atoms with van der Waals surface area (Å²) in [7, 11) is 2.86. The van der Waals surface area contributed by atoms with Crippen molar-refractivity contribution >= 4 is 5.97 Å². The highest BCUT2D eigenvalue weighted by molar-refractivity contribution is 5.90. The van der Waals surface area contributed by atoms with E-state index in [9.17, 15) is 9.90 Å². The Kier molecular flexibility index (Phi) is 4.61. The minimum Gasteiger partial charge on any atom is -0.491 e. The number of rotatable bonds is 6. The number of pyridine rings is 1. The lowest BCUT2D eigenvalue weighted by atomic mass is 10.2. The fourth-order valence-corrected chi connectivity index (χ4v) is 1.81. The van der Waals surface area contributed by atoms with Gasteiger partial charge in [0.15, 0.2) is 17.2 Å². The van der Waals surface area contributed by atoms with Gasteiger partial charge in [-0.05, 0) is 5.56 Å². The Hall–Kier alpha value is -2.76. The number of benzene rings is 1. The minimum absolute atomic E-state index is 0.0493. The average molecular weight is 289 g/mol. The van der Waals surface area contributed by atoms with Crippen LogP contribution >= 0.6 is 0 Å². The number of ether oxygens (including phenoxy) is 3. The molecule has 1 N–H and O–H groups in total. The van der Waals surface area contributed by atoms with Crippen molar-refractivity contribution in [2.24, 2.45) is 0 Å². The summed E-state index contributed by atoms with van der Waals surface area (Å²) in [5, 5.41) is 9.21. The number of carbonyl (C=O) groups is 1. The van der Waals surface area contributed by atoms with Crippen LogP contribution in [-0.4, -0.2) is 30.3 Å². The summed E-state index contributed by atoms with van der Waals surface area (Å²) in [5.41, 5.74) is 0.683. The van der Waals surface area contributed by atoms with E-state index in [0.29, 0.717) is 5.75 Å². The first-order valence-electron chi connectivity index (χ1n) is 6.18. The highest BCUT2D eigenvalue weighted by Crippen LogP contribution is 2.38. The van der Waals surface area contributed by atoms with Crippen molar-refractivity contribution in [1.29, 1.82) is 0 Å². The molecule has 0 spiro atoms. The summed E-state index contributed by atoms with van der Waals surface area (Å²) >= 11 is 0. The first-order chi connectivity index (χ1) is 10.2. The lowest BCUT2D eigenvalue weighted by Crippen LogP contribution is -2.08. The number of aromatic nitrogens is 1. The van der Waals surface area contributed by atoms with E-state index in [1.807, 2.05) is 30.3 Å². The predicted molar refractivity (Wildman–Crippen MR) is 75.1 cm³/mol. The van der Waals surface area contributed by atoms with E-state index in [-0.39, 0.29) is 23.8 Å². The molecule has 6 heteroatoms. The van der Waals surface area contributed by atoms with Crippen LogP contribution in [0.5, 0.6) is 17.2 Å². The van der Waals surface area contributed by atoms with Crippen molar-refractivity contribution in [3.63, 3.8) is 0 Å². The van der Waals surface area contributed by atoms with Crippen molar-refractivity contribution in [2.75, 3.05) is 14.2 Å². The van der Waals surface area contributed by atoms with Crippen LogP contribution in [0.2, 0.25) is 0 Å². The van der Waals surface area contributed by atoms with Crippen molar-refractivity contribution in [3.05, 3.63) is 47.8 Å². The number of nitrogens with zero attached hydrogens (tertiary/aromatic N) is 1. The fourth-order valence-electron chi connectivity index (χ4n) is 1.81.